The van der Waals surface area contributed by atoms with E-state index in [1.54, 1.807) is 6.92 Å². The van der Waals surface area contributed by atoms with Crippen molar-refractivity contribution in [2.75, 3.05) is 0 Å². The summed E-state index contributed by atoms with van der Waals surface area (Å²) in [6.07, 6.45) is 2.66. The van der Waals surface area contributed by atoms with Crippen molar-refractivity contribution >= 4 is 5.78 Å². The summed E-state index contributed by atoms with van der Waals surface area (Å²) in [6, 6.07) is 8.76. The zero-order valence-corrected chi connectivity index (χ0v) is 10.8. The van der Waals surface area contributed by atoms with E-state index in [-0.39, 0.29) is 11.2 Å². The predicted octanol–water partition coefficient (Wildman–Crippen LogP) is 3.90. The van der Waals surface area contributed by atoms with E-state index in [1.165, 1.54) is 11.1 Å². The molecular formula is C15H22O. The number of hydrogen-bond acceptors (Lipinski definition) is 1. The maximum Gasteiger partial charge on any atom is 0.129 e. The second-order valence-electron chi connectivity index (χ2n) is 5.50. The molecule has 1 nitrogen and oxygen atoms in total. The smallest absolute Gasteiger partial charge is 0.129 e. The first kappa shape index (κ1) is 13.0. The monoisotopic (exact) mass is 218 g/mol. The number of aryl methyl sites for hydroxylation is 1. The molecule has 0 aliphatic rings. The maximum atomic E-state index is 10.8. The van der Waals surface area contributed by atoms with Crippen LogP contribution in [0, 0.1) is 0 Å². The zero-order chi connectivity index (χ0) is 12.2. The van der Waals surface area contributed by atoms with Gasteiger partial charge >= 0.3 is 0 Å². The lowest BCUT2D eigenvalue weighted by Crippen LogP contribution is -2.10. The zero-order valence-electron chi connectivity index (χ0n) is 10.8. The number of hydrogen-bond donors (Lipinski definition) is 0. The molecule has 0 fully saturated rings. The Morgan fingerprint density at radius 3 is 2.12 bits per heavy atom. The van der Waals surface area contributed by atoms with Crippen molar-refractivity contribution in [3.63, 3.8) is 0 Å². The molecule has 0 aliphatic heterocycles. The summed E-state index contributed by atoms with van der Waals surface area (Å²) in [4.78, 5) is 10.8. The second kappa shape index (κ2) is 5.29. The summed E-state index contributed by atoms with van der Waals surface area (Å²) in [7, 11) is 0. The van der Waals surface area contributed by atoms with Gasteiger partial charge in [-0.25, -0.2) is 0 Å². The first-order valence-electron chi connectivity index (χ1n) is 5.98. The fourth-order valence-electron chi connectivity index (χ4n) is 1.71. The summed E-state index contributed by atoms with van der Waals surface area (Å²) in [5.74, 6) is 0.284. The molecule has 1 rings (SSSR count). The molecule has 1 aromatic carbocycles. The van der Waals surface area contributed by atoms with Gasteiger partial charge in [-0.2, -0.15) is 0 Å². The van der Waals surface area contributed by atoms with Gasteiger partial charge in [-0.1, -0.05) is 45.0 Å². The molecule has 1 heteroatoms. The Morgan fingerprint density at radius 1 is 1.12 bits per heavy atom. The van der Waals surface area contributed by atoms with Crippen molar-refractivity contribution in [1.82, 2.24) is 0 Å². The van der Waals surface area contributed by atoms with Crippen molar-refractivity contribution in [2.24, 2.45) is 0 Å². The van der Waals surface area contributed by atoms with Crippen LogP contribution in [0.15, 0.2) is 24.3 Å². The minimum Gasteiger partial charge on any atom is -0.300 e. The van der Waals surface area contributed by atoms with E-state index in [0.717, 1.165) is 12.8 Å². The summed E-state index contributed by atoms with van der Waals surface area (Å²) in [6.45, 7) is 8.32. The van der Waals surface area contributed by atoms with Gasteiger partial charge in [0, 0.05) is 6.42 Å². The molecule has 88 valence electrons. The molecule has 0 atom stereocenters. The van der Waals surface area contributed by atoms with Gasteiger partial charge in [0.2, 0.25) is 0 Å². The lowest BCUT2D eigenvalue weighted by Gasteiger charge is -2.19. The number of Topliss-reactive ketones (excluding diaryl/α,β-unsaturated/α-hetero) is 1. The third kappa shape index (κ3) is 4.18. The van der Waals surface area contributed by atoms with Gasteiger partial charge in [-0.3, -0.25) is 0 Å². The van der Waals surface area contributed by atoms with E-state index in [9.17, 15) is 4.79 Å². The van der Waals surface area contributed by atoms with Crippen molar-refractivity contribution in [2.45, 2.75) is 52.4 Å². The number of carbonyl (C=O) groups excluding carboxylic acids is 1. The number of ketones is 1. The Morgan fingerprint density at radius 2 is 1.69 bits per heavy atom. The average Bonchev–Trinajstić information content (AvgIpc) is 2.16. The largest absolute Gasteiger partial charge is 0.300 e. The van der Waals surface area contributed by atoms with Crippen molar-refractivity contribution < 1.29 is 4.79 Å². The minimum absolute atomic E-state index is 0.220. The number of rotatable bonds is 4. The highest BCUT2D eigenvalue weighted by molar-refractivity contribution is 5.75. The highest BCUT2D eigenvalue weighted by Crippen LogP contribution is 2.22. The van der Waals surface area contributed by atoms with Crippen LogP contribution in [-0.4, -0.2) is 5.78 Å². The first-order chi connectivity index (χ1) is 7.39. The lowest BCUT2D eigenvalue weighted by atomic mass is 9.86. The Kier molecular flexibility index (Phi) is 4.28. The van der Waals surface area contributed by atoms with Crippen LogP contribution in [0.5, 0.6) is 0 Å². The molecule has 0 heterocycles. The minimum atomic E-state index is 0.220. The molecule has 0 bridgehead atoms. The molecular weight excluding hydrogens is 196 g/mol. The molecule has 0 radical (unpaired) electrons. The number of carbonyl (C=O) groups is 1. The Labute approximate surface area is 98.9 Å². The van der Waals surface area contributed by atoms with E-state index in [1.807, 2.05) is 0 Å². The average molecular weight is 218 g/mol. The van der Waals surface area contributed by atoms with Gasteiger partial charge < -0.3 is 4.79 Å². The van der Waals surface area contributed by atoms with E-state index in [2.05, 4.69) is 45.0 Å². The third-order valence-corrected chi connectivity index (χ3v) is 2.81. The summed E-state index contributed by atoms with van der Waals surface area (Å²) in [5.41, 5.74) is 2.91. The van der Waals surface area contributed by atoms with Crippen LogP contribution in [0.25, 0.3) is 0 Å². The van der Waals surface area contributed by atoms with Gasteiger partial charge in [0.05, 0.1) is 0 Å². The second-order valence-corrected chi connectivity index (χ2v) is 5.50. The molecule has 0 aliphatic carbocycles. The Hall–Kier alpha value is -1.11. The van der Waals surface area contributed by atoms with Crippen LogP contribution in [0.3, 0.4) is 0 Å². The van der Waals surface area contributed by atoms with E-state index in [4.69, 9.17) is 0 Å². The standard InChI is InChI=1S/C15H22O/c1-12(16)6-5-7-13-8-10-14(11-9-13)15(2,3)4/h8-11H,5-7H2,1-4H3. The van der Waals surface area contributed by atoms with E-state index in [0.29, 0.717) is 6.42 Å². The molecule has 1 aromatic rings. The van der Waals surface area contributed by atoms with Crippen LogP contribution >= 0.6 is 0 Å². The van der Waals surface area contributed by atoms with Crippen LogP contribution in [0.2, 0.25) is 0 Å². The van der Waals surface area contributed by atoms with Crippen LogP contribution < -0.4 is 0 Å². The van der Waals surface area contributed by atoms with Gasteiger partial charge in [0.1, 0.15) is 5.78 Å². The van der Waals surface area contributed by atoms with Crippen molar-refractivity contribution in [3.8, 4) is 0 Å². The molecule has 16 heavy (non-hydrogen) atoms. The molecule has 0 saturated carbocycles. The van der Waals surface area contributed by atoms with E-state index < -0.39 is 0 Å². The van der Waals surface area contributed by atoms with E-state index >= 15 is 0 Å². The molecule has 0 spiro atoms. The van der Waals surface area contributed by atoms with Crippen molar-refractivity contribution in [3.05, 3.63) is 35.4 Å². The highest BCUT2D eigenvalue weighted by Gasteiger charge is 2.12. The Balaban J connectivity index is 2.55. The molecule has 0 aromatic heterocycles. The quantitative estimate of drug-likeness (QED) is 0.749. The van der Waals surface area contributed by atoms with Crippen molar-refractivity contribution in [1.29, 1.82) is 0 Å². The SMILES string of the molecule is CC(=O)CCCc1ccc(C(C)(C)C)cc1. The van der Waals surface area contributed by atoms with Crippen LogP contribution in [-0.2, 0) is 16.6 Å². The third-order valence-electron chi connectivity index (χ3n) is 2.81. The fraction of sp³-hybridized carbons (Fsp3) is 0.533. The molecule has 0 N–H and O–H groups in total. The predicted molar refractivity (Wildman–Crippen MR) is 68.8 cm³/mol. The summed E-state index contributed by atoms with van der Waals surface area (Å²) in [5, 5.41) is 0. The highest BCUT2D eigenvalue weighted by atomic mass is 16.1. The lowest BCUT2D eigenvalue weighted by molar-refractivity contribution is -0.117. The first-order valence-corrected chi connectivity index (χ1v) is 5.98. The molecule has 0 saturated heterocycles. The van der Waals surface area contributed by atoms with Gasteiger partial charge in [0.25, 0.3) is 0 Å². The topological polar surface area (TPSA) is 17.1 Å². The normalized spacial score (nSPS) is 11.5. The fourth-order valence-corrected chi connectivity index (χ4v) is 1.71. The summed E-state index contributed by atoms with van der Waals surface area (Å²) < 4.78 is 0. The van der Waals surface area contributed by atoms with Gasteiger partial charge in [-0.05, 0) is 36.3 Å². The van der Waals surface area contributed by atoms with Gasteiger partial charge in [0.15, 0.2) is 0 Å². The molecule has 0 unspecified atom stereocenters. The van der Waals surface area contributed by atoms with Crippen LogP contribution in [0.4, 0.5) is 0 Å². The molecule has 0 amide bonds. The summed E-state index contributed by atoms with van der Waals surface area (Å²) >= 11 is 0. The Bertz CT molecular complexity index is 341. The van der Waals surface area contributed by atoms with Gasteiger partial charge in [-0.15, -0.1) is 0 Å². The number of benzene rings is 1. The maximum absolute atomic E-state index is 10.8. The van der Waals surface area contributed by atoms with Crippen LogP contribution in [0.1, 0.15) is 51.7 Å².